The standard InChI is InChI=1S/C12H16O3/c1-3-15-11-6-4-10(5-7-11)12(13-2)8-14-9-12/h4-7H,3,8-9H2,1-2H3. The van der Waals surface area contributed by atoms with Crippen LogP contribution >= 0.6 is 0 Å². The van der Waals surface area contributed by atoms with Crippen LogP contribution in [0.4, 0.5) is 0 Å². The average Bonchev–Trinajstić information content (AvgIpc) is 2.20. The van der Waals surface area contributed by atoms with E-state index in [1.807, 2.05) is 31.2 Å². The fourth-order valence-electron chi connectivity index (χ4n) is 1.71. The van der Waals surface area contributed by atoms with Gasteiger partial charge in [-0.05, 0) is 24.6 Å². The van der Waals surface area contributed by atoms with E-state index in [2.05, 4.69) is 0 Å². The van der Waals surface area contributed by atoms with E-state index in [4.69, 9.17) is 14.2 Å². The van der Waals surface area contributed by atoms with Crippen molar-refractivity contribution in [3.8, 4) is 5.75 Å². The lowest BCUT2D eigenvalue weighted by molar-refractivity contribution is -0.202. The molecule has 1 saturated heterocycles. The summed E-state index contributed by atoms with van der Waals surface area (Å²) < 4.78 is 16.1. The third kappa shape index (κ3) is 1.85. The first-order valence-electron chi connectivity index (χ1n) is 5.17. The lowest BCUT2D eigenvalue weighted by atomic mass is 9.92. The number of hydrogen-bond acceptors (Lipinski definition) is 3. The molecule has 0 atom stereocenters. The summed E-state index contributed by atoms with van der Waals surface area (Å²) in [5.41, 5.74) is 0.921. The molecule has 0 bridgehead atoms. The minimum atomic E-state index is -0.231. The first-order chi connectivity index (χ1) is 7.30. The largest absolute Gasteiger partial charge is 0.494 e. The van der Waals surface area contributed by atoms with E-state index in [0.717, 1.165) is 11.3 Å². The maximum Gasteiger partial charge on any atom is 0.139 e. The number of benzene rings is 1. The van der Waals surface area contributed by atoms with Crippen LogP contribution in [-0.2, 0) is 15.1 Å². The molecule has 1 aromatic rings. The first kappa shape index (κ1) is 10.5. The molecule has 1 aromatic carbocycles. The Morgan fingerprint density at radius 3 is 2.33 bits per heavy atom. The minimum absolute atomic E-state index is 0.231. The molecule has 0 N–H and O–H groups in total. The van der Waals surface area contributed by atoms with Crippen molar-refractivity contribution in [2.24, 2.45) is 0 Å². The van der Waals surface area contributed by atoms with Gasteiger partial charge >= 0.3 is 0 Å². The highest BCUT2D eigenvalue weighted by Gasteiger charge is 2.40. The van der Waals surface area contributed by atoms with Crippen molar-refractivity contribution in [3.63, 3.8) is 0 Å². The fraction of sp³-hybridized carbons (Fsp3) is 0.500. The molecule has 0 spiro atoms. The molecule has 1 aliphatic heterocycles. The summed E-state index contributed by atoms with van der Waals surface area (Å²) in [6.45, 7) is 3.94. The Balaban J connectivity index is 2.15. The van der Waals surface area contributed by atoms with Gasteiger partial charge in [0.15, 0.2) is 0 Å². The van der Waals surface area contributed by atoms with Crippen LogP contribution in [0.25, 0.3) is 0 Å². The van der Waals surface area contributed by atoms with Crippen molar-refractivity contribution in [2.45, 2.75) is 12.5 Å². The average molecular weight is 208 g/mol. The van der Waals surface area contributed by atoms with E-state index in [1.54, 1.807) is 7.11 Å². The summed E-state index contributed by atoms with van der Waals surface area (Å²) in [6.07, 6.45) is 0. The normalized spacial score (nSPS) is 18.3. The van der Waals surface area contributed by atoms with Gasteiger partial charge in [0.05, 0.1) is 19.8 Å². The zero-order chi connectivity index (χ0) is 10.7. The predicted octanol–water partition coefficient (Wildman–Crippen LogP) is 1.96. The smallest absolute Gasteiger partial charge is 0.139 e. The molecule has 3 nitrogen and oxygen atoms in total. The molecule has 0 aliphatic carbocycles. The summed E-state index contributed by atoms with van der Waals surface area (Å²) in [5.74, 6) is 0.896. The second-order valence-corrected chi connectivity index (χ2v) is 3.65. The van der Waals surface area contributed by atoms with Gasteiger partial charge in [-0.2, -0.15) is 0 Å². The molecular formula is C12H16O3. The zero-order valence-corrected chi connectivity index (χ0v) is 9.16. The Hall–Kier alpha value is -1.06. The minimum Gasteiger partial charge on any atom is -0.494 e. The summed E-state index contributed by atoms with van der Waals surface area (Å²) in [6, 6.07) is 8.02. The van der Waals surface area contributed by atoms with E-state index < -0.39 is 0 Å². The van der Waals surface area contributed by atoms with E-state index in [1.165, 1.54) is 0 Å². The molecule has 1 fully saturated rings. The van der Waals surface area contributed by atoms with E-state index in [0.29, 0.717) is 19.8 Å². The molecule has 0 saturated carbocycles. The molecule has 0 unspecified atom stereocenters. The van der Waals surface area contributed by atoms with Gasteiger partial charge in [0.25, 0.3) is 0 Å². The van der Waals surface area contributed by atoms with Crippen LogP contribution in [0.5, 0.6) is 5.75 Å². The SMILES string of the molecule is CCOc1ccc(C2(OC)COC2)cc1. The molecule has 3 heteroatoms. The maximum atomic E-state index is 5.49. The quantitative estimate of drug-likeness (QED) is 0.757. The Kier molecular flexibility index (Phi) is 2.93. The van der Waals surface area contributed by atoms with Gasteiger partial charge in [-0.1, -0.05) is 12.1 Å². The van der Waals surface area contributed by atoms with Crippen molar-refractivity contribution in [1.82, 2.24) is 0 Å². The second-order valence-electron chi connectivity index (χ2n) is 3.65. The van der Waals surface area contributed by atoms with Gasteiger partial charge in [0.1, 0.15) is 11.4 Å². The van der Waals surface area contributed by atoms with E-state index in [-0.39, 0.29) is 5.60 Å². The van der Waals surface area contributed by atoms with Gasteiger partial charge in [0, 0.05) is 7.11 Å². The van der Waals surface area contributed by atoms with E-state index >= 15 is 0 Å². The third-order valence-electron chi connectivity index (χ3n) is 2.75. The van der Waals surface area contributed by atoms with Crippen molar-refractivity contribution in [1.29, 1.82) is 0 Å². The summed E-state index contributed by atoms with van der Waals surface area (Å²) >= 11 is 0. The summed E-state index contributed by atoms with van der Waals surface area (Å²) in [4.78, 5) is 0. The Morgan fingerprint density at radius 1 is 1.27 bits per heavy atom. The van der Waals surface area contributed by atoms with Gasteiger partial charge in [-0.25, -0.2) is 0 Å². The molecule has 0 radical (unpaired) electrons. The lowest BCUT2D eigenvalue weighted by Gasteiger charge is -2.40. The highest BCUT2D eigenvalue weighted by molar-refractivity contribution is 5.32. The van der Waals surface area contributed by atoms with E-state index in [9.17, 15) is 0 Å². The molecule has 82 valence electrons. The highest BCUT2D eigenvalue weighted by atomic mass is 16.6. The predicted molar refractivity (Wildman–Crippen MR) is 57.1 cm³/mol. The van der Waals surface area contributed by atoms with Crippen LogP contribution < -0.4 is 4.74 Å². The third-order valence-corrected chi connectivity index (χ3v) is 2.75. The van der Waals surface area contributed by atoms with Gasteiger partial charge in [0.2, 0.25) is 0 Å². The van der Waals surface area contributed by atoms with Crippen molar-refractivity contribution in [3.05, 3.63) is 29.8 Å². The number of hydrogen-bond donors (Lipinski definition) is 0. The van der Waals surface area contributed by atoms with Crippen LogP contribution in [0.15, 0.2) is 24.3 Å². The molecule has 1 heterocycles. The van der Waals surface area contributed by atoms with Gasteiger partial charge < -0.3 is 14.2 Å². The number of methoxy groups -OCH3 is 1. The lowest BCUT2D eigenvalue weighted by Crippen LogP contribution is -2.48. The monoisotopic (exact) mass is 208 g/mol. The van der Waals surface area contributed by atoms with Crippen LogP contribution in [0.1, 0.15) is 12.5 Å². The molecular weight excluding hydrogens is 192 g/mol. The van der Waals surface area contributed by atoms with Crippen molar-refractivity contribution >= 4 is 0 Å². The molecule has 1 aliphatic rings. The Labute approximate surface area is 90.0 Å². The van der Waals surface area contributed by atoms with Gasteiger partial charge in [-0.15, -0.1) is 0 Å². The molecule has 0 amide bonds. The highest BCUT2D eigenvalue weighted by Crippen LogP contribution is 2.33. The van der Waals surface area contributed by atoms with Crippen molar-refractivity contribution < 1.29 is 14.2 Å². The summed E-state index contributed by atoms with van der Waals surface area (Å²) in [5, 5.41) is 0. The molecule has 2 rings (SSSR count). The molecule has 0 aromatic heterocycles. The second kappa shape index (κ2) is 4.21. The summed E-state index contributed by atoms with van der Waals surface area (Å²) in [7, 11) is 1.72. The van der Waals surface area contributed by atoms with Gasteiger partial charge in [-0.3, -0.25) is 0 Å². The number of rotatable bonds is 4. The zero-order valence-electron chi connectivity index (χ0n) is 9.16. The Morgan fingerprint density at radius 2 is 1.93 bits per heavy atom. The van der Waals surface area contributed by atoms with Crippen LogP contribution in [-0.4, -0.2) is 26.9 Å². The Bertz CT molecular complexity index is 309. The first-order valence-corrected chi connectivity index (χ1v) is 5.17. The van der Waals surface area contributed by atoms with Crippen molar-refractivity contribution in [2.75, 3.05) is 26.9 Å². The number of ether oxygens (including phenoxy) is 3. The van der Waals surface area contributed by atoms with Crippen LogP contribution in [0, 0.1) is 0 Å². The molecule has 15 heavy (non-hydrogen) atoms. The van der Waals surface area contributed by atoms with Crippen LogP contribution in [0.3, 0.4) is 0 Å². The van der Waals surface area contributed by atoms with Crippen LogP contribution in [0.2, 0.25) is 0 Å². The topological polar surface area (TPSA) is 27.7 Å². The fourth-order valence-corrected chi connectivity index (χ4v) is 1.71. The maximum absolute atomic E-state index is 5.49.